The fourth-order valence-corrected chi connectivity index (χ4v) is 2.77. The van der Waals surface area contributed by atoms with Crippen molar-refractivity contribution in [1.29, 1.82) is 0 Å². The van der Waals surface area contributed by atoms with E-state index in [1.807, 2.05) is 6.07 Å². The summed E-state index contributed by atoms with van der Waals surface area (Å²) < 4.78 is 1.77. The van der Waals surface area contributed by atoms with Crippen LogP contribution in [-0.4, -0.2) is 14.8 Å². The number of aromatic nitrogens is 3. The quantitative estimate of drug-likeness (QED) is 0.879. The highest BCUT2D eigenvalue weighted by atomic mass is 15.3. The first-order valence-electron chi connectivity index (χ1n) is 6.52. The minimum Gasteiger partial charge on any atom is -0.321 e. The molecule has 2 N–H and O–H groups in total. The Hall–Kier alpha value is -1.68. The zero-order valence-electron chi connectivity index (χ0n) is 10.4. The Morgan fingerprint density at radius 1 is 1.17 bits per heavy atom. The summed E-state index contributed by atoms with van der Waals surface area (Å²) >= 11 is 0. The van der Waals surface area contributed by atoms with Gasteiger partial charge >= 0.3 is 0 Å². The van der Waals surface area contributed by atoms with E-state index in [-0.39, 0.29) is 5.54 Å². The first-order valence-corrected chi connectivity index (χ1v) is 6.52. The molecule has 18 heavy (non-hydrogen) atoms. The maximum Gasteiger partial charge on any atom is 0.138 e. The lowest BCUT2D eigenvalue weighted by Gasteiger charge is -2.34. The second-order valence-corrected chi connectivity index (χ2v) is 5.11. The van der Waals surface area contributed by atoms with Gasteiger partial charge in [-0.25, -0.2) is 9.67 Å². The average molecular weight is 242 g/mol. The third kappa shape index (κ3) is 2.04. The molecule has 0 unspecified atom stereocenters. The molecule has 1 aliphatic carbocycles. The fraction of sp³-hybridized carbons (Fsp3) is 0.429. The Morgan fingerprint density at radius 3 is 2.72 bits per heavy atom. The molecule has 2 aromatic rings. The molecule has 0 spiro atoms. The van der Waals surface area contributed by atoms with Crippen LogP contribution in [0.1, 0.15) is 37.7 Å². The van der Waals surface area contributed by atoms with Crippen LogP contribution in [0.15, 0.2) is 36.9 Å². The minimum absolute atomic E-state index is 0.158. The van der Waals surface area contributed by atoms with E-state index in [2.05, 4.69) is 28.3 Å². The van der Waals surface area contributed by atoms with Gasteiger partial charge in [-0.1, -0.05) is 31.4 Å². The normalized spacial score (nSPS) is 18.7. The van der Waals surface area contributed by atoms with Gasteiger partial charge in [-0.3, -0.25) is 0 Å². The van der Waals surface area contributed by atoms with Crippen LogP contribution in [-0.2, 0) is 5.54 Å². The van der Waals surface area contributed by atoms with Crippen molar-refractivity contribution in [3.63, 3.8) is 0 Å². The Kier molecular flexibility index (Phi) is 2.88. The highest BCUT2D eigenvalue weighted by Gasteiger charge is 2.29. The molecule has 0 aliphatic heterocycles. The largest absolute Gasteiger partial charge is 0.321 e. The van der Waals surface area contributed by atoms with Crippen LogP contribution in [0.3, 0.4) is 0 Å². The molecule has 3 rings (SSSR count). The molecule has 1 aliphatic rings. The van der Waals surface area contributed by atoms with E-state index in [1.165, 1.54) is 24.8 Å². The smallest absolute Gasteiger partial charge is 0.138 e. The molecule has 0 amide bonds. The van der Waals surface area contributed by atoms with Crippen LogP contribution in [0.5, 0.6) is 0 Å². The van der Waals surface area contributed by atoms with Gasteiger partial charge in [-0.15, -0.1) is 0 Å². The van der Waals surface area contributed by atoms with Crippen molar-refractivity contribution in [3.8, 4) is 5.69 Å². The predicted molar refractivity (Wildman–Crippen MR) is 70.3 cm³/mol. The van der Waals surface area contributed by atoms with Gasteiger partial charge in [0.05, 0.1) is 5.69 Å². The topological polar surface area (TPSA) is 56.7 Å². The first-order chi connectivity index (χ1) is 8.78. The zero-order chi connectivity index (χ0) is 12.4. The van der Waals surface area contributed by atoms with Crippen LogP contribution in [0.2, 0.25) is 0 Å². The van der Waals surface area contributed by atoms with E-state index in [0.717, 1.165) is 18.5 Å². The van der Waals surface area contributed by atoms with Gasteiger partial charge in [0.25, 0.3) is 0 Å². The molecule has 1 saturated carbocycles. The summed E-state index contributed by atoms with van der Waals surface area (Å²) in [6.07, 6.45) is 9.17. The van der Waals surface area contributed by atoms with E-state index in [9.17, 15) is 0 Å². The molecule has 1 fully saturated rings. The number of nitrogens with zero attached hydrogens (tertiary/aromatic N) is 3. The molecule has 1 aromatic heterocycles. The van der Waals surface area contributed by atoms with E-state index in [0.29, 0.717) is 0 Å². The maximum absolute atomic E-state index is 6.56. The Balaban J connectivity index is 1.95. The van der Waals surface area contributed by atoms with Crippen LogP contribution >= 0.6 is 0 Å². The third-order valence-electron chi connectivity index (χ3n) is 3.85. The van der Waals surface area contributed by atoms with Crippen molar-refractivity contribution < 1.29 is 0 Å². The average Bonchev–Trinajstić information content (AvgIpc) is 2.94. The number of hydrogen-bond acceptors (Lipinski definition) is 3. The van der Waals surface area contributed by atoms with E-state index in [4.69, 9.17) is 5.73 Å². The fourth-order valence-electron chi connectivity index (χ4n) is 2.77. The van der Waals surface area contributed by atoms with Crippen molar-refractivity contribution in [2.75, 3.05) is 0 Å². The second-order valence-electron chi connectivity index (χ2n) is 5.11. The molecule has 0 radical (unpaired) electrons. The summed E-state index contributed by atoms with van der Waals surface area (Å²) in [7, 11) is 0. The molecule has 94 valence electrons. The molecule has 4 nitrogen and oxygen atoms in total. The lowest BCUT2D eigenvalue weighted by molar-refractivity contribution is 0.302. The number of benzene rings is 1. The Morgan fingerprint density at radius 2 is 2.00 bits per heavy atom. The number of hydrogen-bond donors (Lipinski definition) is 1. The van der Waals surface area contributed by atoms with E-state index in [1.54, 1.807) is 17.3 Å². The zero-order valence-corrected chi connectivity index (χ0v) is 10.4. The first kappa shape index (κ1) is 11.4. The third-order valence-corrected chi connectivity index (χ3v) is 3.85. The molecule has 1 heterocycles. The molecule has 0 atom stereocenters. The van der Waals surface area contributed by atoms with E-state index >= 15 is 0 Å². The Bertz CT molecular complexity index is 512. The molecule has 0 bridgehead atoms. The van der Waals surface area contributed by atoms with Gasteiger partial charge in [-0.05, 0) is 30.5 Å². The summed E-state index contributed by atoms with van der Waals surface area (Å²) in [5, 5.41) is 4.16. The standard InChI is InChI=1S/C14H18N4/c15-14(7-2-1-3-8-14)12-5-4-6-13(9-12)18-11-16-10-17-18/h4-6,9-11H,1-3,7-8,15H2. The van der Waals surface area contributed by atoms with Gasteiger partial charge in [-0.2, -0.15) is 5.10 Å². The van der Waals surface area contributed by atoms with Crippen LogP contribution in [0.4, 0.5) is 0 Å². The molecule has 0 saturated heterocycles. The number of rotatable bonds is 2. The van der Waals surface area contributed by atoms with Crippen LogP contribution in [0, 0.1) is 0 Å². The van der Waals surface area contributed by atoms with Crippen molar-refractivity contribution in [2.24, 2.45) is 5.73 Å². The van der Waals surface area contributed by atoms with Gasteiger partial charge in [0.1, 0.15) is 12.7 Å². The summed E-state index contributed by atoms with van der Waals surface area (Å²) in [4.78, 5) is 3.98. The number of nitrogens with two attached hydrogens (primary N) is 1. The van der Waals surface area contributed by atoms with Crippen molar-refractivity contribution >= 4 is 0 Å². The monoisotopic (exact) mass is 242 g/mol. The summed E-state index contributed by atoms with van der Waals surface area (Å²) in [5.74, 6) is 0. The van der Waals surface area contributed by atoms with Crippen molar-refractivity contribution in [3.05, 3.63) is 42.5 Å². The van der Waals surface area contributed by atoms with Crippen LogP contribution in [0.25, 0.3) is 5.69 Å². The highest BCUT2D eigenvalue weighted by molar-refractivity contribution is 5.38. The van der Waals surface area contributed by atoms with Gasteiger partial charge < -0.3 is 5.73 Å². The van der Waals surface area contributed by atoms with Crippen molar-refractivity contribution in [2.45, 2.75) is 37.6 Å². The maximum atomic E-state index is 6.56. The summed E-state index contributed by atoms with van der Waals surface area (Å²) in [6.45, 7) is 0. The SMILES string of the molecule is NC1(c2cccc(-n3cncn3)c2)CCCCC1. The Labute approximate surface area is 107 Å². The lowest BCUT2D eigenvalue weighted by atomic mass is 9.77. The second kappa shape index (κ2) is 4.53. The van der Waals surface area contributed by atoms with Gasteiger partial charge in [0.15, 0.2) is 0 Å². The minimum atomic E-state index is -0.158. The summed E-state index contributed by atoms with van der Waals surface area (Å²) in [5.41, 5.74) is 8.65. The summed E-state index contributed by atoms with van der Waals surface area (Å²) in [6, 6.07) is 8.35. The van der Waals surface area contributed by atoms with Gasteiger partial charge in [0, 0.05) is 5.54 Å². The molecular weight excluding hydrogens is 224 g/mol. The van der Waals surface area contributed by atoms with Gasteiger partial charge in [0.2, 0.25) is 0 Å². The molecule has 1 aromatic carbocycles. The predicted octanol–water partition coefficient (Wildman–Crippen LogP) is 2.39. The molecule has 4 heteroatoms. The lowest BCUT2D eigenvalue weighted by Crippen LogP contribution is -2.38. The van der Waals surface area contributed by atoms with Crippen molar-refractivity contribution in [1.82, 2.24) is 14.8 Å². The highest BCUT2D eigenvalue weighted by Crippen LogP contribution is 2.35. The molecular formula is C14H18N4. The van der Waals surface area contributed by atoms with Crippen LogP contribution < -0.4 is 5.73 Å². The van der Waals surface area contributed by atoms with E-state index < -0.39 is 0 Å².